The number of benzene rings is 1. The van der Waals surface area contributed by atoms with Crippen LogP contribution in [-0.4, -0.2) is 20.4 Å². The van der Waals surface area contributed by atoms with E-state index in [2.05, 4.69) is 20.4 Å². The van der Waals surface area contributed by atoms with E-state index in [1.54, 1.807) is 12.4 Å². The predicted molar refractivity (Wildman–Crippen MR) is 65.9 cm³/mol. The van der Waals surface area contributed by atoms with Gasteiger partial charge in [0.2, 0.25) is 0 Å². The Labute approximate surface area is 106 Å². The summed E-state index contributed by atoms with van der Waals surface area (Å²) < 4.78 is 26.6. The largest absolute Gasteiger partial charge is 0.382 e. The second kappa shape index (κ2) is 4.20. The molecule has 19 heavy (non-hydrogen) atoms. The number of nitrogens with zero attached hydrogens (tertiary/aromatic N) is 2. The molecule has 0 saturated carbocycles. The van der Waals surface area contributed by atoms with E-state index in [0.717, 1.165) is 6.07 Å². The van der Waals surface area contributed by atoms with Gasteiger partial charge in [-0.1, -0.05) is 0 Å². The van der Waals surface area contributed by atoms with Gasteiger partial charge in [-0.15, -0.1) is 0 Å². The molecule has 0 spiro atoms. The summed E-state index contributed by atoms with van der Waals surface area (Å²) in [5.74, 6) is -1.18. The van der Waals surface area contributed by atoms with Gasteiger partial charge in [-0.3, -0.25) is 10.2 Å². The number of rotatable bonds is 2. The second-order valence-corrected chi connectivity index (χ2v) is 4.00. The van der Waals surface area contributed by atoms with Crippen LogP contribution in [0.3, 0.4) is 0 Å². The number of anilines is 1. The highest BCUT2D eigenvalue weighted by atomic mass is 19.1. The lowest BCUT2D eigenvalue weighted by Crippen LogP contribution is -1.90. The maximum Gasteiger partial charge on any atom is 0.153 e. The molecule has 0 aliphatic rings. The van der Waals surface area contributed by atoms with E-state index in [-0.39, 0.29) is 5.82 Å². The van der Waals surface area contributed by atoms with E-state index in [1.807, 2.05) is 0 Å². The lowest BCUT2D eigenvalue weighted by Gasteiger charge is -2.03. The first kappa shape index (κ1) is 11.4. The number of nitrogens with one attached hydrogen (secondary N) is 2. The third-order valence-corrected chi connectivity index (χ3v) is 2.73. The highest BCUT2D eigenvalue weighted by Gasteiger charge is 2.16. The Kier molecular flexibility index (Phi) is 2.52. The highest BCUT2D eigenvalue weighted by molar-refractivity contribution is 5.87. The molecular formula is C12H9F2N5. The van der Waals surface area contributed by atoms with Gasteiger partial charge in [-0.05, 0) is 17.7 Å². The highest BCUT2D eigenvalue weighted by Crippen LogP contribution is 2.34. The van der Waals surface area contributed by atoms with Gasteiger partial charge < -0.3 is 5.73 Å². The second-order valence-electron chi connectivity index (χ2n) is 4.00. The van der Waals surface area contributed by atoms with E-state index in [1.165, 1.54) is 12.1 Å². The molecule has 0 aliphatic heterocycles. The summed E-state index contributed by atoms with van der Waals surface area (Å²) in [4.78, 5) is 0. The number of hydrogen-bond donors (Lipinski definition) is 3. The van der Waals surface area contributed by atoms with Crippen LogP contribution in [0.15, 0.2) is 30.6 Å². The fourth-order valence-electron chi connectivity index (χ4n) is 1.94. The van der Waals surface area contributed by atoms with Crippen molar-refractivity contribution in [1.29, 1.82) is 0 Å². The summed E-state index contributed by atoms with van der Waals surface area (Å²) in [7, 11) is 0. The lowest BCUT2D eigenvalue weighted by atomic mass is 10.0. The summed E-state index contributed by atoms with van der Waals surface area (Å²) in [6.45, 7) is 0. The molecule has 2 aromatic heterocycles. The molecule has 0 unspecified atom stereocenters. The molecule has 0 fully saturated rings. The SMILES string of the molecule is Nc1n[nH]c(-c2cn[nH]c2)c1-c1cc(F)cc(F)c1. The predicted octanol–water partition coefficient (Wildman–Crippen LogP) is 2.33. The third kappa shape index (κ3) is 1.95. The van der Waals surface area contributed by atoms with Gasteiger partial charge in [-0.25, -0.2) is 8.78 Å². The van der Waals surface area contributed by atoms with Gasteiger partial charge in [-0.2, -0.15) is 10.2 Å². The monoisotopic (exact) mass is 261 g/mol. The topological polar surface area (TPSA) is 83.4 Å². The van der Waals surface area contributed by atoms with Crippen LogP contribution in [0.25, 0.3) is 22.4 Å². The van der Waals surface area contributed by atoms with Crippen molar-refractivity contribution >= 4 is 5.82 Å². The molecular weight excluding hydrogens is 252 g/mol. The number of nitrogens with two attached hydrogens (primary N) is 1. The molecule has 0 bridgehead atoms. The van der Waals surface area contributed by atoms with Gasteiger partial charge in [0.15, 0.2) is 5.82 Å². The summed E-state index contributed by atoms with van der Waals surface area (Å²) in [6.07, 6.45) is 3.19. The zero-order valence-electron chi connectivity index (χ0n) is 9.61. The summed E-state index contributed by atoms with van der Waals surface area (Å²) in [6, 6.07) is 3.21. The Morgan fingerprint density at radius 3 is 2.42 bits per heavy atom. The number of aromatic nitrogens is 4. The molecule has 96 valence electrons. The minimum Gasteiger partial charge on any atom is -0.382 e. The van der Waals surface area contributed by atoms with Crippen LogP contribution in [0.5, 0.6) is 0 Å². The van der Waals surface area contributed by atoms with E-state index in [9.17, 15) is 8.78 Å². The first-order valence-electron chi connectivity index (χ1n) is 5.44. The van der Waals surface area contributed by atoms with Crippen LogP contribution in [-0.2, 0) is 0 Å². The third-order valence-electron chi connectivity index (χ3n) is 2.73. The molecule has 0 amide bonds. The molecule has 0 aliphatic carbocycles. The maximum absolute atomic E-state index is 13.3. The van der Waals surface area contributed by atoms with Crippen molar-refractivity contribution in [2.75, 3.05) is 5.73 Å². The number of aromatic amines is 2. The van der Waals surface area contributed by atoms with Crippen molar-refractivity contribution in [1.82, 2.24) is 20.4 Å². The summed E-state index contributed by atoms with van der Waals surface area (Å²) >= 11 is 0. The fourth-order valence-corrected chi connectivity index (χ4v) is 1.94. The first-order chi connectivity index (χ1) is 9.15. The minimum atomic E-state index is -0.672. The van der Waals surface area contributed by atoms with Gasteiger partial charge in [0.1, 0.15) is 11.6 Å². The van der Waals surface area contributed by atoms with Crippen molar-refractivity contribution in [3.05, 3.63) is 42.2 Å². The normalized spacial score (nSPS) is 10.8. The van der Waals surface area contributed by atoms with Crippen molar-refractivity contribution in [3.8, 4) is 22.4 Å². The average Bonchev–Trinajstić information content (AvgIpc) is 2.95. The van der Waals surface area contributed by atoms with Gasteiger partial charge in [0.05, 0.1) is 17.5 Å². The molecule has 3 aromatic rings. The number of hydrogen-bond acceptors (Lipinski definition) is 3. The van der Waals surface area contributed by atoms with Gasteiger partial charge >= 0.3 is 0 Å². The molecule has 7 heteroatoms. The van der Waals surface area contributed by atoms with E-state index < -0.39 is 11.6 Å². The summed E-state index contributed by atoms with van der Waals surface area (Å²) in [5, 5.41) is 13.1. The Hall–Kier alpha value is -2.70. The Morgan fingerprint density at radius 2 is 1.79 bits per heavy atom. The minimum absolute atomic E-state index is 0.168. The molecule has 5 nitrogen and oxygen atoms in total. The Bertz CT molecular complexity index is 698. The number of nitrogen functional groups attached to an aromatic ring is 1. The molecule has 0 saturated heterocycles. The van der Waals surface area contributed by atoms with Gasteiger partial charge in [0, 0.05) is 17.8 Å². The zero-order chi connectivity index (χ0) is 13.4. The smallest absolute Gasteiger partial charge is 0.153 e. The van der Waals surface area contributed by atoms with Crippen LogP contribution >= 0.6 is 0 Å². The van der Waals surface area contributed by atoms with Crippen LogP contribution in [0.2, 0.25) is 0 Å². The molecule has 0 radical (unpaired) electrons. The van der Waals surface area contributed by atoms with Crippen LogP contribution in [0.1, 0.15) is 0 Å². The standard InChI is InChI=1S/C12H9F2N5/c13-8-1-6(2-9(14)3-8)10-11(18-19-12(10)15)7-4-16-17-5-7/h1-5H,(H,16,17)(H3,15,18,19). The van der Waals surface area contributed by atoms with E-state index >= 15 is 0 Å². The average molecular weight is 261 g/mol. The fraction of sp³-hybridized carbons (Fsp3) is 0. The quantitative estimate of drug-likeness (QED) is 0.662. The van der Waals surface area contributed by atoms with Crippen molar-refractivity contribution < 1.29 is 8.78 Å². The Morgan fingerprint density at radius 1 is 1.05 bits per heavy atom. The molecule has 0 atom stereocenters. The van der Waals surface area contributed by atoms with Crippen molar-refractivity contribution in [3.63, 3.8) is 0 Å². The molecule has 3 rings (SSSR count). The number of halogens is 2. The molecule has 1 aromatic carbocycles. The lowest BCUT2D eigenvalue weighted by molar-refractivity contribution is 0.584. The van der Waals surface area contributed by atoms with Crippen LogP contribution < -0.4 is 5.73 Å². The van der Waals surface area contributed by atoms with Crippen LogP contribution in [0, 0.1) is 11.6 Å². The van der Waals surface area contributed by atoms with Gasteiger partial charge in [0.25, 0.3) is 0 Å². The van der Waals surface area contributed by atoms with Crippen molar-refractivity contribution in [2.45, 2.75) is 0 Å². The zero-order valence-corrected chi connectivity index (χ0v) is 9.61. The van der Waals surface area contributed by atoms with E-state index in [4.69, 9.17) is 5.73 Å². The van der Waals surface area contributed by atoms with E-state index in [0.29, 0.717) is 22.4 Å². The maximum atomic E-state index is 13.3. The molecule has 2 heterocycles. The number of H-pyrrole nitrogens is 2. The summed E-state index contributed by atoms with van der Waals surface area (Å²) in [5.41, 5.74) is 7.78. The first-order valence-corrected chi connectivity index (χ1v) is 5.44. The Balaban J connectivity index is 2.22. The van der Waals surface area contributed by atoms with Crippen LogP contribution in [0.4, 0.5) is 14.6 Å². The molecule has 4 N–H and O–H groups in total. The van der Waals surface area contributed by atoms with Crippen molar-refractivity contribution in [2.24, 2.45) is 0 Å².